The van der Waals surface area contributed by atoms with E-state index in [4.69, 9.17) is 5.73 Å². The average Bonchev–Trinajstić information content (AvgIpc) is 2.92. The summed E-state index contributed by atoms with van der Waals surface area (Å²) in [5.74, 6) is -0.152. The Balaban J connectivity index is 0.00000176. The Morgan fingerprint density at radius 3 is 2.59 bits per heavy atom. The summed E-state index contributed by atoms with van der Waals surface area (Å²) in [6, 6.07) is 0. The van der Waals surface area contributed by atoms with Crippen LogP contribution in [0.1, 0.15) is 44.9 Å². The maximum atomic E-state index is 12.7. The summed E-state index contributed by atoms with van der Waals surface area (Å²) in [5, 5.41) is 13.2. The fourth-order valence-electron chi connectivity index (χ4n) is 4.15. The molecule has 0 aromatic heterocycles. The van der Waals surface area contributed by atoms with Gasteiger partial charge in [-0.05, 0) is 32.1 Å². The zero-order valence-corrected chi connectivity index (χ0v) is 13.7. The lowest BCUT2D eigenvalue weighted by atomic mass is 9.71. The van der Waals surface area contributed by atoms with Crippen LogP contribution in [-0.2, 0) is 9.59 Å². The van der Waals surface area contributed by atoms with Crippen molar-refractivity contribution in [2.24, 2.45) is 11.1 Å². The first-order valence-electron chi connectivity index (χ1n) is 8.03. The fraction of sp³-hybridized carbons (Fsp3) is 0.867. The van der Waals surface area contributed by atoms with Gasteiger partial charge in [0.25, 0.3) is 0 Å². The minimum atomic E-state index is -0.832. The van der Waals surface area contributed by atoms with E-state index in [-0.39, 0.29) is 24.2 Å². The van der Waals surface area contributed by atoms with E-state index >= 15 is 0 Å². The second-order valence-corrected chi connectivity index (χ2v) is 6.91. The van der Waals surface area contributed by atoms with Gasteiger partial charge < -0.3 is 21.1 Å². The largest absolute Gasteiger partial charge is 0.392 e. The summed E-state index contributed by atoms with van der Waals surface area (Å²) >= 11 is 0. The highest BCUT2D eigenvalue weighted by atomic mass is 35.5. The van der Waals surface area contributed by atoms with Gasteiger partial charge in [-0.3, -0.25) is 9.59 Å². The van der Waals surface area contributed by atoms with Gasteiger partial charge in [0.15, 0.2) is 0 Å². The highest BCUT2D eigenvalue weighted by Crippen LogP contribution is 2.39. The van der Waals surface area contributed by atoms with Gasteiger partial charge in [0, 0.05) is 19.6 Å². The monoisotopic (exact) mass is 331 g/mol. The van der Waals surface area contributed by atoms with Crippen molar-refractivity contribution < 1.29 is 14.7 Å². The summed E-state index contributed by atoms with van der Waals surface area (Å²) < 4.78 is 0. The van der Waals surface area contributed by atoms with Crippen LogP contribution >= 0.6 is 12.4 Å². The van der Waals surface area contributed by atoms with Crippen molar-refractivity contribution >= 4 is 24.2 Å². The second kappa shape index (κ2) is 6.34. The number of hydrogen-bond donors (Lipinski definition) is 3. The topological polar surface area (TPSA) is 95.7 Å². The molecule has 2 saturated heterocycles. The summed E-state index contributed by atoms with van der Waals surface area (Å²) in [6.07, 6.45) is 4.71. The Labute approximate surface area is 137 Å². The third-order valence-corrected chi connectivity index (χ3v) is 5.53. The van der Waals surface area contributed by atoms with Gasteiger partial charge >= 0.3 is 0 Å². The Morgan fingerprint density at radius 2 is 1.95 bits per heavy atom. The standard InChI is InChI=1S/C15H25N3O3.ClH/c16-15(6-1-2-7-15)13(21)18-9-4-11(19)14(10-18)5-3-8-17-12(14)20;/h11,19H,1-10,16H2,(H,17,20);1H/t11-,14+;/m0./s1. The number of hydrogen-bond acceptors (Lipinski definition) is 4. The van der Waals surface area contributed by atoms with Crippen LogP contribution in [0, 0.1) is 5.41 Å². The zero-order valence-electron chi connectivity index (χ0n) is 12.8. The predicted molar refractivity (Wildman–Crippen MR) is 84.5 cm³/mol. The normalized spacial score (nSPS) is 34.2. The van der Waals surface area contributed by atoms with Crippen LogP contribution in [0.2, 0.25) is 0 Å². The molecule has 2 atom stereocenters. The van der Waals surface area contributed by atoms with Gasteiger partial charge in [-0.15, -0.1) is 12.4 Å². The number of halogens is 1. The number of amides is 2. The van der Waals surface area contributed by atoms with Gasteiger partial charge in [0.1, 0.15) is 0 Å². The molecular formula is C15H26ClN3O3. The number of nitrogens with two attached hydrogens (primary N) is 1. The van der Waals surface area contributed by atoms with E-state index in [2.05, 4.69) is 5.32 Å². The van der Waals surface area contributed by atoms with Gasteiger partial charge in [-0.25, -0.2) is 0 Å². The molecule has 3 rings (SSSR count). The summed E-state index contributed by atoms with van der Waals surface area (Å²) in [5.41, 5.74) is 4.68. The van der Waals surface area contributed by atoms with E-state index in [1.54, 1.807) is 4.90 Å². The molecule has 0 aromatic carbocycles. The highest BCUT2D eigenvalue weighted by Gasteiger charge is 2.52. The SMILES string of the molecule is Cl.NC1(C(=O)N2CC[C@H](O)[C@@]3(CCCNC3=O)C2)CCCC1. The van der Waals surface area contributed by atoms with Crippen LogP contribution in [0.5, 0.6) is 0 Å². The minimum Gasteiger partial charge on any atom is -0.392 e. The smallest absolute Gasteiger partial charge is 0.242 e. The van der Waals surface area contributed by atoms with E-state index in [1.165, 1.54) is 0 Å². The van der Waals surface area contributed by atoms with Gasteiger partial charge in [-0.1, -0.05) is 12.8 Å². The van der Waals surface area contributed by atoms with E-state index in [1.807, 2.05) is 0 Å². The van der Waals surface area contributed by atoms with Crippen molar-refractivity contribution in [3.05, 3.63) is 0 Å². The predicted octanol–water partition coefficient (Wildman–Crippen LogP) is 0.169. The first kappa shape index (κ1) is 17.5. The van der Waals surface area contributed by atoms with Gasteiger partial charge in [-0.2, -0.15) is 0 Å². The number of likely N-dealkylation sites (tertiary alicyclic amines) is 1. The molecule has 0 aromatic rings. The van der Waals surface area contributed by atoms with Crippen LogP contribution in [0.3, 0.4) is 0 Å². The summed E-state index contributed by atoms with van der Waals surface area (Å²) in [6.45, 7) is 1.45. The minimum absolute atomic E-state index is 0. The third kappa shape index (κ3) is 2.72. The highest BCUT2D eigenvalue weighted by molar-refractivity contribution is 5.89. The Morgan fingerprint density at radius 1 is 1.27 bits per heavy atom. The van der Waals surface area contributed by atoms with Crippen molar-refractivity contribution in [1.29, 1.82) is 0 Å². The zero-order chi connectivity index (χ0) is 15.1. The van der Waals surface area contributed by atoms with Crippen LogP contribution < -0.4 is 11.1 Å². The molecule has 126 valence electrons. The second-order valence-electron chi connectivity index (χ2n) is 6.91. The molecule has 0 unspecified atom stereocenters. The number of nitrogens with one attached hydrogen (secondary N) is 1. The maximum Gasteiger partial charge on any atom is 0.242 e. The van der Waals surface area contributed by atoms with Crippen LogP contribution in [0.15, 0.2) is 0 Å². The van der Waals surface area contributed by atoms with Gasteiger partial charge in [0.2, 0.25) is 11.8 Å². The molecule has 7 heteroatoms. The van der Waals surface area contributed by atoms with Crippen molar-refractivity contribution in [1.82, 2.24) is 10.2 Å². The molecule has 2 amide bonds. The summed E-state index contributed by atoms with van der Waals surface area (Å²) in [4.78, 5) is 26.8. The lowest BCUT2D eigenvalue weighted by Gasteiger charge is -2.48. The molecule has 4 N–H and O–H groups in total. The van der Waals surface area contributed by atoms with E-state index in [9.17, 15) is 14.7 Å². The summed E-state index contributed by atoms with van der Waals surface area (Å²) in [7, 11) is 0. The lowest BCUT2D eigenvalue weighted by molar-refractivity contribution is -0.157. The van der Waals surface area contributed by atoms with Crippen LogP contribution in [0.4, 0.5) is 0 Å². The van der Waals surface area contributed by atoms with E-state index in [0.717, 1.165) is 32.1 Å². The van der Waals surface area contributed by atoms with Crippen molar-refractivity contribution in [3.63, 3.8) is 0 Å². The van der Waals surface area contributed by atoms with Crippen molar-refractivity contribution in [2.75, 3.05) is 19.6 Å². The Hall–Kier alpha value is -0.850. The van der Waals surface area contributed by atoms with E-state index in [0.29, 0.717) is 32.5 Å². The molecule has 6 nitrogen and oxygen atoms in total. The number of nitrogens with zero attached hydrogens (tertiary/aromatic N) is 1. The molecule has 1 saturated carbocycles. The number of carbonyl (C=O) groups excluding carboxylic acids is 2. The number of aliphatic hydroxyl groups is 1. The molecule has 0 radical (unpaired) electrons. The molecule has 3 fully saturated rings. The first-order chi connectivity index (χ1) is 9.98. The third-order valence-electron chi connectivity index (χ3n) is 5.53. The fourth-order valence-corrected chi connectivity index (χ4v) is 4.15. The number of rotatable bonds is 1. The molecular weight excluding hydrogens is 306 g/mol. The van der Waals surface area contributed by atoms with Crippen LogP contribution in [-0.4, -0.2) is 53.1 Å². The molecule has 2 aliphatic heterocycles. The molecule has 0 bridgehead atoms. The van der Waals surface area contributed by atoms with Crippen molar-refractivity contribution in [2.45, 2.75) is 56.6 Å². The number of piperidine rings is 2. The first-order valence-corrected chi connectivity index (χ1v) is 8.03. The Kier molecular flexibility index (Phi) is 5.04. The van der Waals surface area contributed by atoms with E-state index < -0.39 is 17.1 Å². The molecule has 1 aliphatic carbocycles. The maximum absolute atomic E-state index is 12.7. The quantitative estimate of drug-likeness (QED) is 0.638. The van der Waals surface area contributed by atoms with Crippen molar-refractivity contribution in [3.8, 4) is 0 Å². The molecule has 2 heterocycles. The number of aliphatic hydroxyl groups excluding tert-OH is 1. The molecule has 1 spiro atoms. The molecule has 22 heavy (non-hydrogen) atoms. The van der Waals surface area contributed by atoms with Gasteiger partial charge in [0.05, 0.1) is 17.1 Å². The van der Waals surface area contributed by atoms with Crippen LogP contribution in [0.25, 0.3) is 0 Å². The number of carbonyl (C=O) groups is 2. The molecule has 3 aliphatic rings. The Bertz CT molecular complexity index is 453. The average molecular weight is 332 g/mol. The lowest BCUT2D eigenvalue weighted by Crippen LogP contribution is -2.65.